The molecular formula is C36H60O9. The summed E-state index contributed by atoms with van der Waals surface area (Å²) in [6.07, 6.45) is 6.00. The molecule has 2 rings (SSSR count). The van der Waals surface area contributed by atoms with E-state index in [4.69, 9.17) is 23.7 Å². The molecule has 0 unspecified atom stereocenters. The summed E-state index contributed by atoms with van der Waals surface area (Å²) in [5, 5.41) is 34.6. The van der Waals surface area contributed by atoms with E-state index in [0.29, 0.717) is 6.42 Å². The Kier molecular flexibility index (Phi) is 15.0. The quantitative estimate of drug-likeness (QED) is 0.303. The molecule has 2 aliphatic rings. The number of allylic oxidation sites excluding steroid dienone is 5. The minimum absolute atomic E-state index is 0.00358. The lowest BCUT2D eigenvalue weighted by Gasteiger charge is -2.50. The maximum Gasteiger partial charge on any atom is 0.373 e. The van der Waals surface area contributed by atoms with Gasteiger partial charge in [0.1, 0.15) is 12.2 Å². The van der Waals surface area contributed by atoms with E-state index in [1.54, 1.807) is 33.1 Å². The Morgan fingerprint density at radius 1 is 1.02 bits per heavy atom. The largest absolute Gasteiger partial charge is 0.490 e. The molecular weight excluding hydrogens is 576 g/mol. The molecule has 0 saturated carbocycles. The number of ether oxygens (including phenoxy) is 5. The average molecular weight is 637 g/mol. The van der Waals surface area contributed by atoms with Crippen molar-refractivity contribution in [1.29, 1.82) is 0 Å². The summed E-state index contributed by atoms with van der Waals surface area (Å²) in [4.78, 5) is 13.5. The Labute approximate surface area is 271 Å². The summed E-state index contributed by atoms with van der Waals surface area (Å²) in [5.41, 5.74) is 1.81. The van der Waals surface area contributed by atoms with Crippen molar-refractivity contribution in [2.75, 3.05) is 21.3 Å². The summed E-state index contributed by atoms with van der Waals surface area (Å²) >= 11 is 0. The third kappa shape index (κ3) is 9.99. The van der Waals surface area contributed by atoms with E-state index in [-0.39, 0.29) is 48.1 Å². The number of hydrogen-bond acceptors (Lipinski definition) is 9. The first-order valence-corrected chi connectivity index (χ1v) is 16.3. The lowest BCUT2D eigenvalue weighted by atomic mass is 9.76. The van der Waals surface area contributed by atoms with Gasteiger partial charge in [0.05, 0.1) is 31.5 Å². The predicted molar refractivity (Wildman–Crippen MR) is 175 cm³/mol. The van der Waals surface area contributed by atoms with Crippen LogP contribution in [0.4, 0.5) is 0 Å². The van der Waals surface area contributed by atoms with Gasteiger partial charge in [-0.05, 0) is 38.2 Å². The van der Waals surface area contributed by atoms with Crippen LogP contribution in [0.5, 0.6) is 0 Å². The van der Waals surface area contributed by atoms with Crippen molar-refractivity contribution in [3.63, 3.8) is 0 Å². The van der Waals surface area contributed by atoms with Gasteiger partial charge in [0.2, 0.25) is 5.76 Å². The second-order valence-corrected chi connectivity index (χ2v) is 13.8. The van der Waals surface area contributed by atoms with Crippen LogP contribution in [0, 0.1) is 35.5 Å². The fourth-order valence-electron chi connectivity index (χ4n) is 6.82. The highest BCUT2D eigenvalue weighted by molar-refractivity contribution is 5.87. The monoisotopic (exact) mass is 636 g/mol. The molecule has 0 aromatic rings. The van der Waals surface area contributed by atoms with Gasteiger partial charge in [-0.2, -0.15) is 0 Å². The van der Waals surface area contributed by atoms with Gasteiger partial charge in [-0.3, -0.25) is 0 Å². The van der Waals surface area contributed by atoms with Crippen molar-refractivity contribution in [2.24, 2.45) is 35.5 Å². The molecule has 258 valence electrons. The van der Waals surface area contributed by atoms with Gasteiger partial charge >= 0.3 is 5.97 Å². The summed E-state index contributed by atoms with van der Waals surface area (Å²) in [5.74, 6) is -3.87. The molecule has 1 saturated heterocycles. The number of methoxy groups -OCH3 is 3. The van der Waals surface area contributed by atoms with E-state index in [0.717, 1.165) is 11.1 Å². The van der Waals surface area contributed by atoms with Crippen molar-refractivity contribution in [1.82, 2.24) is 0 Å². The predicted octanol–water partition coefficient (Wildman–Crippen LogP) is 5.35. The Morgan fingerprint density at radius 2 is 1.67 bits per heavy atom. The summed E-state index contributed by atoms with van der Waals surface area (Å²) in [6, 6.07) is 0. The molecule has 9 heteroatoms. The number of carbonyl (C=O) groups excluding carboxylic acids is 1. The fraction of sp³-hybridized carbons (Fsp3) is 0.750. The maximum absolute atomic E-state index is 13.5. The lowest BCUT2D eigenvalue weighted by Crippen LogP contribution is -2.59. The molecule has 1 fully saturated rings. The summed E-state index contributed by atoms with van der Waals surface area (Å²) < 4.78 is 29.4. The van der Waals surface area contributed by atoms with E-state index in [1.165, 1.54) is 14.2 Å². The van der Waals surface area contributed by atoms with Crippen molar-refractivity contribution in [3.8, 4) is 0 Å². The fourth-order valence-corrected chi connectivity index (χ4v) is 6.82. The van der Waals surface area contributed by atoms with Crippen molar-refractivity contribution in [3.05, 3.63) is 47.3 Å². The van der Waals surface area contributed by atoms with Crippen LogP contribution in [0.3, 0.4) is 0 Å². The van der Waals surface area contributed by atoms with Crippen LogP contribution < -0.4 is 0 Å². The Hall–Kier alpha value is -2.01. The number of aliphatic hydroxyl groups excluding tert-OH is 2. The molecule has 0 spiro atoms. The van der Waals surface area contributed by atoms with Crippen LogP contribution in [-0.4, -0.2) is 85.0 Å². The third-order valence-electron chi connectivity index (χ3n) is 9.77. The van der Waals surface area contributed by atoms with Crippen LogP contribution >= 0.6 is 0 Å². The van der Waals surface area contributed by atoms with Crippen molar-refractivity contribution < 1.29 is 43.8 Å². The van der Waals surface area contributed by atoms with Gasteiger partial charge in [0.15, 0.2) is 5.79 Å². The van der Waals surface area contributed by atoms with Crippen molar-refractivity contribution >= 4 is 5.97 Å². The first kappa shape index (κ1) is 39.2. The second kappa shape index (κ2) is 17.2. The molecule has 0 aromatic heterocycles. The zero-order valence-corrected chi connectivity index (χ0v) is 29.5. The number of rotatable bonds is 8. The van der Waals surface area contributed by atoms with E-state index >= 15 is 0 Å². The highest BCUT2D eigenvalue weighted by atomic mass is 16.6. The molecule has 45 heavy (non-hydrogen) atoms. The zero-order chi connectivity index (χ0) is 34.2. The normalized spacial score (nSPS) is 40.5. The number of aliphatic hydroxyl groups is 3. The first-order chi connectivity index (χ1) is 21.0. The molecule has 0 aromatic carbocycles. The van der Waals surface area contributed by atoms with Gasteiger partial charge in [-0.15, -0.1) is 0 Å². The number of carbonyl (C=O) groups is 1. The van der Waals surface area contributed by atoms with Crippen LogP contribution in [-0.2, 0) is 28.5 Å². The highest BCUT2D eigenvalue weighted by Gasteiger charge is 2.52. The molecule has 0 radical (unpaired) electrons. The highest BCUT2D eigenvalue weighted by Crippen LogP contribution is 2.42. The number of hydrogen-bond donors (Lipinski definition) is 3. The average Bonchev–Trinajstić information content (AvgIpc) is 2.99. The molecule has 3 N–H and O–H groups in total. The number of cyclic esters (lactones) is 1. The van der Waals surface area contributed by atoms with Crippen LogP contribution in [0.2, 0.25) is 0 Å². The SMILES string of the molecule is CO/C1=C/C(C)=C/[C@@H](C)[C@H](O)[C@@H](C)C/C(C)=C/C=C/[C@H](OC)[C@@H]([C@@H](C)[C@@H](O)[C@H](C)[C@]2(O)C[C@H](OC)[C@@H](C)[C@H](C(C)C)O2)OC1=O. The van der Waals surface area contributed by atoms with Crippen LogP contribution in [0.15, 0.2) is 47.3 Å². The van der Waals surface area contributed by atoms with E-state index < -0.39 is 48.0 Å². The molecule has 0 bridgehead atoms. The van der Waals surface area contributed by atoms with Gasteiger partial charge in [0.25, 0.3) is 0 Å². The Balaban J connectivity index is 2.53. The first-order valence-electron chi connectivity index (χ1n) is 16.3. The van der Waals surface area contributed by atoms with Crippen LogP contribution in [0.25, 0.3) is 0 Å². The van der Waals surface area contributed by atoms with Gasteiger partial charge in [0, 0.05) is 44.3 Å². The molecule has 9 nitrogen and oxygen atoms in total. The van der Waals surface area contributed by atoms with Crippen LogP contribution in [0.1, 0.15) is 75.2 Å². The third-order valence-corrected chi connectivity index (χ3v) is 9.77. The molecule has 2 heterocycles. The van der Waals surface area contributed by atoms with Crippen molar-refractivity contribution in [2.45, 2.75) is 118 Å². The van der Waals surface area contributed by atoms with E-state index in [1.807, 2.05) is 66.7 Å². The summed E-state index contributed by atoms with van der Waals surface area (Å²) in [6.45, 7) is 17.4. The Bertz CT molecular complexity index is 1080. The second-order valence-electron chi connectivity index (χ2n) is 13.8. The van der Waals surface area contributed by atoms with E-state index in [9.17, 15) is 20.1 Å². The minimum Gasteiger partial charge on any atom is -0.490 e. The van der Waals surface area contributed by atoms with Gasteiger partial charge in [-0.1, -0.05) is 83.9 Å². The lowest BCUT2D eigenvalue weighted by molar-refractivity contribution is -0.330. The van der Waals surface area contributed by atoms with Gasteiger partial charge in [-0.25, -0.2) is 4.79 Å². The molecule has 2 aliphatic heterocycles. The van der Waals surface area contributed by atoms with E-state index in [2.05, 4.69) is 0 Å². The van der Waals surface area contributed by atoms with Gasteiger partial charge < -0.3 is 39.0 Å². The topological polar surface area (TPSA) is 124 Å². The molecule has 0 aliphatic carbocycles. The zero-order valence-electron chi connectivity index (χ0n) is 29.5. The number of esters is 1. The minimum atomic E-state index is -1.67. The summed E-state index contributed by atoms with van der Waals surface area (Å²) in [7, 11) is 4.53. The molecule has 12 atom stereocenters. The molecule has 0 amide bonds. The maximum atomic E-state index is 13.5. The Morgan fingerprint density at radius 3 is 2.22 bits per heavy atom. The smallest absolute Gasteiger partial charge is 0.373 e. The standard InChI is InChI=1S/C36H60O9/c1-20(2)33-25(7)30(43-12)19-36(40,45-33)27(9)32(38)26(8)34-28(41-10)15-13-14-21(3)16-23(5)31(37)24(6)17-22(4)18-29(42-11)35(39)44-34/h13-15,17-18,20,23-28,30-34,37-38,40H,16,19H2,1-12H3/b15-13+,21-14+,22-17+,29-18+/t23-,24+,25+,26-,27-,28-,30-,31+,32+,33-,34+,36-/m0/s1.